The first-order chi connectivity index (χ1) is 9.60. The van der Waals surface area contributed by atoms with Gasteiger partial charge in [0.1, 0.15) is 10.8 Å². The first kappa shape index (κ1) is 14.3. The molecule has 1 heterocycles. The molecule has 0 atom stereocenters. The summed E-state index contributed by atoms with van der Waals surface area (Å²) in [4.78, 5) is 14.7. The number of carboxylic acids is 1. The number of aromatic carboxylic acids is 1. The normalized spacial score (nSPS) is 10.3. The van der Waals surface area contributed by atoms with E-state index in [-0.39, 0.29) is 16.5 Å². The van der Waals surface area contributed by atoms with E-state index in [1.54, 1.807) is 0 Å². The Labute approximate surface area is 122 Å². The first-order valence-electron chi connectivity index (χ1n) is 6.25. The van der Waals surface area contributed by atoms with Gasteiger partial charge in [0.25, 0.3) is 0 Å². The maximum absolute atomic E-state index is 10.8. The number of ether oxygens (including phenoxy) is 1. The molecular formula is C15H14ClNO3. The molecule has 0 radical (unpaired) electrons. The second kappa shape index (κ2) is 6.39. The molecule has 0 aliphatic carbocycles. The van der Waals surface area contributed by atoms with Gasteiger partial charge in [-0.25, -0.2) is 9.78 Å². The maximum Gasteiger partial charge on any atom is 0.337 e. The minimum Gasteiger partial charge on any atom is -0.478 e. The smallest absolute Gasteiger partial charge is 0.337 e. The van der Waals surface area contributed by atoms with Crippen LogP contribution >= 0.6 is 11.6 Å². The number of aryl methyl sites for hydroxylation is 1. The highest BCUT2D eigenvalue weighted by Crippen LogP contribution is 2.27. The summed E-state index contributed by atoms with van der Waals surface area (Å²) in [5, 5.41) is 9.00. The Hall–Kier alpha value is -2.07. The second-order valence-electron chi connectivity index (χ2n) is 4.31. The van der Waals surface area contributed by atoms with Crippen LogP contribution in [0.25, 0.3) is 0 Å². The quantitative estimate of drug-likeness (QED) is 0.898. The highest BCUT2D eigenvalue weighted by atomic mass is 35.5. The van der Waals surface area contributed by atoms with E-state index in [1.807, 2.05) is 24.3 Å². The van der Waals surface area contributed by atoms with Crippen molar-refractivity contribution < 1.29 is 14.6 Å². The van der Waals surface area contributed by atoms with E-state index in [1.165, 1.54) is 17.8 Å². The zero-order chi connectivity index (χ0) is 14.5. The topological polar surface area (TPSA) is 59.4 Å². The molecule has 0 unspecified atom stereocenters. The van der Waals surface area contributed by atoms with E-state index in [9.17, 15) is 4.79 Å². The van der Waals surface area contributed by atoms with E-state index in [0.29, 0.717) is 5.75 Å². The molecule has 2 rings (SSSR count). The lowest BCUT2D eigenvalue weighted by Gasteiger charge is -2.07. The van der Waals surface area contributed by atoms with Gasteiger partial charge in [0.2, 0.25) is 5.88 Å². The van der Waals surface area contributed by atoms with Gasteiger partial charge < -0.3 is 9.84 Å². The van der Waals surface area contributed by atoms with Gasteiger partial charge >= 0.3 is 5.97 Å². The molecule has 5 heteroatoms. The van der Waals surface area contributed by atoms with Crippen LogP contribution in [0.5, 0.6) is 11.6 Å². The van der Waals surface area contributed by atoms with Crippen LogP contribution in [0.2, 0.25) is 5.02 Å². The zero-order valence-corrected chi connectivity index (χ0v) is 11.7. The van der Waals surface area contributed by atoms with E-state index < -0.39 is 5.97 Å². The van der Waals surface area contributed by atoms with Crippen molar-refractivity contribution in [1.29, 1.82) is 0 Å². The molecule has 0 aliphatic rings. The third-order valence-corrected chi connectivity index (χ3v) is 3.00. The fraction of sp³-hybridized carbons (Fsp3) is 0.200. The average molecular weight is 292 g/mol. The number of carbonyl (C=O) groups is 1. The Morgan fingerprint density at radius 1 is 1.35 bits per heavy atom. The third kappa shape index (κ3) is 3.48. The van der Waals surface area contributed by atoms with Crippen LogP contribution in [-0.4, -0.2) is 16.1 Å². The summed E-state index contributed by atoms with van der Waals surface area (Å²) in [7, 11) is 0. The Morgan fingerprint density at radius 3 is 2.60 bits per heavy atom. The standard InChI is InChI=1S/C15H14ClNO3/c1-2-3-10-4-6-12(7-5-10)20-14-13(16)8-11(9-17-14)15(18)19/h4-9H,2-3H2,1H3,(H,18,19). The molecule has 0 aliphatic heterocycles. The van der Waals surface area contributed by atoms with E-state index in [0.717, 1.165) is 12.8 Å². The number of nitrogens with zero attached hydrogens (tertiary/aromatic N) is 1. The number of halogens is 1. The number of hydrogen-bond donors (Lipinski definition) is 1. The molecule has 0 bridgehead atoms. The van der Waals surface area contributed by atoms with Crippen LogP contribution in [0.15, 0.2) is 36.5 Å². The van der Waals surface area contributed by atoms with Gasteiger partial charge in [0.15, 0.2) is 0 Å². The summed E-state index contributed by atoms with van der Waals surface area (Å²) in [5.41, 5.74) is 1.26. The van der Waals surface area contributed by atoms with Crippen LogP contribution in [0.4, 0.5) is 0 Å². The molecule has 4 nitrogen and oxygen atoms in total. The molecule has 1 aromatic heterocycles. The number of hydrogen-bond acceptors (Lipinski definition) is 3. The van der Waals surface area contributed by atoms with E-state index in [4.69, 9.17) is 21.4 Å². The van der Waals surface area contributed by atoms with Crippen molar-refractivity contribution in [3.8, 4) is 11.6 Å². The Morgan fingerprint density at radius 2 is 2.05 bits per heavy atom. The molecule has 0 spiro atoms. The van der Waals surface area contributed by atoms with Crippen molar-refractivity contribution in [1.82, 2.24) is 4.98 Å². The lowest BCUT2D eigenvalue weighted by atomic mass is 10.1. The van der Waals surface area contributed by atoms with E-state index in [2.05, 4.69) is 11.9 Å². The number of pyridine rings is 1. The Kier molecular flexibility index (Phi) is 4.58. The highest BCUT2D eigenvalue weighted by Gasteiger charge is 2.10. The van der Waals surface area contributed by atoms with Crippen molar-refractivity contribution in [3.63, 3.8) is 0 Å². The van der Waals surface area contributed by atoms with Gasteiger partial charge in [-0.2, -0.15) is 0 Å². The Bertz CT molecular complexity index is 611. The monoisotopic (exact) mass is 291 g/mol. The number of carboxylic acid groups (broad SMARTS) is 1. The summed E-state index contributed by atoms with van der Waals surface area (Å²) in [6.07, 6.45) is 3.33. The number of aromatic nitrogens is 1. The predicted molar refractivity (Wildman–Crippen MR) is 76.7 cm³/mol. The third-order valence-electron chi connectivity index (χ3n) is 2.73. The minimum absolute atomic E-state index is 0.0284. The van der Waals surface area contributed by atoms with Gasteiger partial charge in [-0.15, -0.1) is 0 Å². The number of rotatable bonds is 5. The second-order valence-corrected chi connectivity index (χ2v) is 4.72. The SMILES string of the molecule is CCCc1ccc(Oc2ncc(C(=O)O)cc2Cl)cc1. The molecule has 2 aromatic rings. The van der Waals surface area contributed by atoms with Crippen LogP contribution in [0.3, 0.4) is 0 Å². The van der Waals surface area contributed by atoms with Crippen molar-refractivity contribution >= 4 is 17.6 Å². The van der Waals surface area contributed by atoms with Gasteiger partial charge in [-0.1, -0.05) is 37.1 Å². The highest BCUT2D eigenvalue weighted by molar-refractivity contribution is 6.32. The fourth-order valence-corrected chi connectivity index (χ4v) is 1.95. The summed E-state index contributed by atoms with van der Waals surface area (Å²) in [6.45, 7) is 2.12. The van der Waals surface area contributed by atoms with Gasteiger partial charge in [0, 0.05) is 6.20 Å². The molecule has 0 fully saturated rings. The van der Waals surface area contributed by atoms with Crippen molar-refractivity contribution in [3.05, 3.63) is 52.7 Å². The molecule has 0 amide bonds. The van der Waals surface area contributed by atoms with Crippen LogP contribution < -0.4 is 4.74 Å². The van der Waals surface area contributed by atoms with E-state index >= 15 is 0 Å². The fourth-order valence-electron chi connectivity index (χ4n) is 1.74. The summed E-state index contributed by atoms with van der Waals surface area (Å²) < 4.78 is 5.54. The zero-order valence-electron chi connectivity index (χ0n) is 11.0. The van der Waals surface area contributed by atoms with Crippen LogP contribution in [-0.2, 0) is 6.42 Å². The molecule has 20 heavy (non-hydrogen) atoms. The lowest BCUT2D eigenvalue weighted by Crippen LogP contribution is -1.98. The molecule has 1 N–H and O–H groups in total. The maximum atomic E-state index is 10.8. The molecular weight excluding hydrogens is 278 g/mol. The van der Waals surface area contributed by atoms with Gasteiger partial charge in [0.05, 0.1) is 5.56 Å². The first-order valence-corrected chi connectivity index (χ1v) is 6.63. The van der Waals surface area contributed by atoms with Gasteiger partial charge in [-0.3, -0.25) is 0 Å². The molecule has 1 aromatic carbocycles. The van der Waals surface area contributed by atoms with Crippen molar-refractivity contribution in [2.24, 2.45) is 0 Å². The molecule has 0 saturated carbocycles. The number of benzene rings is 1. The Balaban J connectivity index is 2.15. The molecule has 0 saturated heterocycles. The average Bonchev–Trinajstić information content (AvgIpc) is 2.43. The summed E-state index contributed by atoms with van der Waals surface area (Å²) in [5.74, 6) is -0.267. The van der Waals surface area contributed by atoms with Crippen molar-refractivity contribution in [2.75, 3.05) is 0 Å². The van der Waals surface area contributed by atoms with Gasteiger partial charge in [-0.05, 0) is 30.2 Å². The summed E-state index contributed by atoms with van der Waals surface area (Å²) >= 11 is 5.95. The largest absolute Gasteiger partial charge is 0.478 e. The summed E-state index contributed by atoms with van der Waals surface area (Å²) in [6, 6.07) is 8.97. The van der Waals surface area contributed by atoms with Crippen molar-refractivity contribution in [2.45, 2.75) is 19.8 Å². The lowest BCUT2D eigenvalue weighted by molar-refractivity contribution is 0.0696. The molecule has 104 valence electrons. The minimum atomic E-state index is -1.07. The predicted octanol–water partition coefficient (Wildman–Crippen LogP) is 4.18. The van der Waals surface area contributed by atoms with Crippen LogP contribution in [0.1, 0.15) is 29.3 Å². The van der Waals surface area contributed by atoms with Crippen LogP contribution in [0, 0.1) is 0 Å².